The van der Waals surface area contributed by atoms with E-state index < -0.39 is 0 Å². The molecule has 0 aromatic carbocycles. The lowest BCUT2D eigenvalue weighted by Gasteiger charge is -2.31. The minimum Gasteiger partial charge on any atom is -0.484 e. The molecule has 0 aliphatic carbocycles. The van der Waals surface area contributed by atoms with E-state index in [1.165, 1.54) is 13.2 Å². The number of nitrogens with zero attached hydrogens (tertiary/aromatic N) is 3. The summed E-state index contributed by atoms with van der Waals surface area (Å²) in [5, 5.41) is 3.70. The van der Waals surface area contributed by atoms with Gasteiger partial charge in [-0.1, -0.05) is 0 Å². The third-order valence-electron chi connectivity index (χ3n) is 4.57. The monoisotopic (exact) mass is 345 g/mol. The van der Waals surface area contributed by atoms with E-state index in [0.717, 1.165) is 12.8 Å². The molecular weight excluding hydrogens is 326 g/mol. The first-order chi connectivity index (χ1) is 12.3. The van der Waals surface area contributed by atoms with Gasteiger partial charge in [0.25, 0.3) is 11.8 Å². The number of methoxy groups -OCH3 is 1. The van der Waals surface area contributed by atoms with Crippen LogP contribution in [0.5, 0.6) is 11.6 Å². The fourth-order valence-electron chi connectivity index (χ4n) is 3.44. The van der Waals surface area contributed by atoms with Crippen molar-refractivity contribution in [3.8, 4) is 11.6 Å². The molecule has 3 atom stereocenters. The Hall–Kier alpha value is -2.61. The molecular formula is C17H19N3O5. The number of hydrogen-bond donors (Lipinski definition) is 0. The smallest absolute Gasteiger partial charge is 0.293 e. The molecule has 2 saturated heterocycles. The summed E-state index contributed by atoms with van der Waals surface area (Å²) in [6, 6.07) is 5.11. The SMILES string of the molecule is COc1cc(C(=O)N2C[C@H](Oc3cccnc3)[C@H]3OCCC[C@H]32)on1. The van der Waals surface area contributed by atoms with Crippen LogP contribution in [0.15, 0.2) is 35.1 Å². The van der Waals surface area contributed by atoms with Gasteiger partial charge in [-0.25, -0.2) is 0 Å². The molecule has 2 aliphatic heterocycles. The molecule has 2 aromatic heterocycles. The number of likely N-dealkylation sites (tertiary alicyclic amines) is 1. The predicted octanol–water partition coefficient (Wildman–Crippen LogP) is 1.53. The minimum absolute atomic E-state index is 0.0426. The number of aromatic nitrogens is 2. The maximum absolute atomic E-state index is 12.8. The number of pyridine rings is 1. The lowest BCUT2D eigenvalue weighted by molar-refractivity contribution is -0.0449. The average Bonchev–Trinajstić information content (AvgIpc) is 3.28. The molecule has 25 heavy (non-hydrogen) atoms. The van der Waals surface area contributed by atoms with Crippen molar-refractivity contribution < 1.29 is 23.5 Å². The number of carbonyl (C=O) groups excluding carboxylic acids is 1. The molecule has 0 saturated carbocycles. The maximum atomic E-state index is 12.8. The first-order valence-electron chi connectivity index (χ1n) is 8.26. The van der Waals surface area contributed by atoms with E-state index in [4.69, 9.17) is 18.7 Å². The molecule has 2 aromatic rings. The predicted molar refractivity (Wildman–Crippen MR) is 85.5 cm³/mol. The Morgan fingerprint density at radius 2 is 2.36 bits per heavy atom. The standard InChI is InChI=1S/C17H19N3O5/c1-22-15-8-13(25-19-15)17(21)20-10-14(16-12(20)5-3-7-23-16)24-11-4-2-6-18-9-11/h2,4,6,8-9,12,14,16H,3,5,7,10H2,1H3/t12-,14+,16+/m1/s1. The van der Waals surface area contributed by atoms with Crippen LogP contribution in [0.25, 0.3) is 0 Å². The van der Waals surface area contributed by atoms with E-state index in [2.05, 4.69) is 10.1 Å². The number of amides is 1. The summed E-state index contributed by atoms with van der Waals surface area (Å²) >= 11 is 0. The second-order valence-corrected chi connectivity index (χ2v) is 6.08. The molecule has 0 radical (unpaired) electrons. The summed E-state index contributed by atoms with van der Waals surface area (Å²) in [6.45, 7) is 1.10. The van der Waals surface area contributed by atoms with E-state index >= 15 is 0 Å². The van der Waals surface area contributed by atoms with Crippen LogP contribution in [0.4, 0.5) is 0 Å². The van der Waals surface area contributed by atoms with Crippen LogP contribution in [-0.2, 0) is 4.74 Å². The Kier molecular flexibility index (Phi) is 4.27. The molecule has 4 heterocycles. The van der Waals surface area contributed by atoms with Gasteiger partial charge in [-0.05, 0) is 30.1 Å². The van der Waals surface area contributed by atoms with Gasteiger partial charge in [-0.3, -0.25) is 9.78 Å². The molecule has 8 nitrogen and oxygen atoms in total. The largest absolute Gasteiger partial charge is 0.484 e. The highest BCUT2D eigenvalue weighted by atomic mass is 16.5. The fraction of sp³-hybridized carbons (Fsp3) is 0.471. The maximum Gasteiger partial charge on any atom is 0.293 e. The zero-order chi connectivity index (χ0) is 17.2. The van der Waals surface area contributed by atoms with Crippen molar-refractivity contribution in [2.24, 2.45) is 0 Å². The molecule has 0 N–H and O–H groups in total. The summed E-state index contributed by atoms with van der Waals surface area (Å²) in [4.78, 5) is 18.7. The number of ether oxygens (including phenoxy) is 3. The highest BCUT2D eigenvalue weighted by Gasteiger charge is 2.48. The third-order valence-corrected chi connectivity index (χ3v) is 4.57. The van der Waals surface area contributed by atoms with Gasteiger partial charge in [-0.2, -0.15) is 0 Å². The molecule has 132 valence electrons. The van der Waals surface area contributed by atoms with Gasteiger partial charge >= 0.3 is 0 Å². The minimum atomic E-state index is -0.247. The quantitative estimate of drug-likeness (QED) is 0.830. The van der Waals surface area contributed by atoms with Crippen LogP contribution in [-0.4, -0.2) is 59.5 Å². The molecule has 2 aliphatic rings. The van der Waals surface area contributed by atoms with Crippen LogP contribution in [0.2, 0.25) is 0 Å². The average molecular weight is 345 g/mol. The van der Waals surface area contributed by atoms with Crippen molar-refractivity contribution in [3.05, 3.63) is 36.4 Å². The molecule has 8 heteroatoms. The van der Waals surface area contributed by atoms with E-state index in [9.17, 15) is 4.79 Å². The van der Waals surface area contributed by atoms with E-state index in [0.29, 0.717) is 18.9 Å². The summed E-state index contributed by atoms with van der Waals surface area (Å²) in [5.41, 5.74) is 0. The number of carbonyl (C=O) groups is 1. The molecule has 4 rings (SSSR count). The highest BCUT2D eigenvalue weighted by molar-refractivity contribution is 5.92. The van der Waals surface area contributed by atoms with Gasteiger partial charge in [0, 0.05) is 12.8 Å². The van der Waals surface area contributed by atoms with Crippen molar-refractivity contribution in [2.75, 3.05) is 20.3 Å². The first-order valence-corrected chi connectivity index (χ1v) is 8.26. The van der Waals surface area contributed by atoms with Gasteiger partial charge in [-0.15, -0.1) is 0 Å². The van der Waals surface area contributed by atoms with Crippen molar-refractivity contribution in [1.29, 1.82) is 0 Å². The Balaban J connectivity index is 1.54. The fourth-order valence-corrected chi connectivity index (χ4v) is 3.44. The third kappa shape index (κ3) is 3.05. The van der Waals surface area contributed by atoms with E-state index in [1.54, 1.807) is 17.3 Å². The van der Waals surface area contributed by atoms with Crippen LogP contribution in [0.1, 0.15) is 23.4 Å². The summed E-state index contributed by atoms with van der Waals surface area (Å²) < 4.78 is 22.0. The number of fused-ring (bicyclic) bond motifs is 1. The second-order valence-electron chi connectivity index (χ2n) is 6.08. The normalized spacial score (nSPS) is 25.5. The van der Waals surface area contributed by atoms with Gasteiger partial charge in [0.05, 0.1) is 32.0 Å². The van der Waals surface area contributed by atoms with Crippen LogP contribution in [0, 0.1) is 0 Å². The topological polar surface area (TPSA) is 86.9 Å². The van der Waals surface area contributed by atoms with Crippen molar-refractivity contribution in [1.82, 2.24) is 15.0 Å². The highest BCUT2D eigenvalue weighted by Crippen LogP contribution is 2.32. The Morgan fingerprint density at radius 3 is 3.12 bits per heavy atom. The van der Waals surface area contributed by atoms with Gasteiger partial charge in [0.15, 0.2) is 0 Å². The molecule has 2 fully saturated rings. The van der Waals surface area contributed by atoms with Crippen LogP contribution < -0.4 is 9.47 Å². The van der Waals surface area contributed by atoms with Crippen molar-refractivity contribution in [2.45, 2.75) is 31.1 Å². The van der Waals surface area contributed by atoms with Gasteiger partial charge in [0.2, 0.25) is 5.76 Å². The molecule has 0 unspecified atom stereocenters. The summed E-state index contributed by atoms with van der Waals surface area (Å²) in [5.74, 6) is 0.870. The van der Waals surface area contributed by atoms with E-state index in [1.807, 2.05) is 12.1 Å². The van der Waals surface area contributed by atoms with Gasteiger partial charge in [0.1, 0.15) is 18.0 Å². The zero-order valence-electron chi connectivity index (χ0n) is 13.8. The van der Waals surface area contributed by atoms with Crippen LogP contribution >= 0.6 is 0 Å². The lowest BCUT2D eigenvalue weighted by Crippen LogP contribution is -2.44. The molecule has 0 spiro atoms. The summed E-state index contributed by atoms with van der Waals surface area (Å²) in [7, 11) is 1.48. The first kappa shape index (κ1) is 15.9. The number of rotatable bonds is 4. The van der Waals surface area contributed by atoms with E-state index in [-0.39, 0.29) is 35.8 Å². The number of hydrogen-bond acceptors (Lipinski definition) is 7. The Labute approximate surface area is 144 Å². The molecule has 0 bridgehead atoms. The van der Waals surface area contributed by atoms with Crippen molar-refractivity contribution in [3.63, 3.8) is 0 Å². The second kappa shape index (κ2) is 6.72. The van der Waals surface area contributed by atoms with Crippen molar-refractivity contribution >= 4 is 5.91 Å². The van der Waals surface area contributed by atoms with Gasteiger partial charge < -0.3 is 23.6 Å². The van der Waals surface area contributed by atoms with Crippen LogP contribution in [0.3, 0.4) is 0 Å². The molecule has 1 amide bonds. The Morgan fingerprint density at radius 1 is 1.44 bits per heavy atom. The summed E-state index contributed by atoms with van der Waals surface area (Å²) in [6.07, 6.45) is 4.71. The zero-order valence-corrected chi connectivity index (χ0v) is 13.8. The lowest BCUT2D eigenvalue weighted by atomic mass is 10.0. The Bertz CT molecular complexity index is 735.